The van der Waals surface area contributed by atoms with Crippen LogP contribution in [0.25, 0.3) is 0 Å². The van der Waals surface area contributed by atoms with Crippen LogP contribution in [0.15, 0.2) is 12.1 Å². The van der Waals surface area contributed by atoms with E-state index in [-0.39, 0.29) is 6.79 Å². The lowest BCUT2D eigenvalue weighted by Gasteiger charge is -2.12. The van der Waals surface area contributed by atoms with Gasteiger partial charge in [-0.3, -0.25) is 0 Å². The van der Waals surface area contributed by atoms with Crippen LogP contribution in [-0.2, 0) is 6.42 Å². The summed E-state index contributed by atoms with van der Waals surface area (Å²) in [4.78, 5) is 0. The van der Waals surface area contributed by atoms with Crippen molar-refractivity contribution in [2.24, 2.45) is 0 Å². The first-order valence-corrected chi connectivity index (χ1v) is 6.03. The van der Waals surface area contributed by atoms with Crippen LogP contribution in [0.5, 0.6) is 11.5 Å². The third-order valence-corrected chi connectivity index (χ3v) is 3.60. The molecule has 2 aliphatic heterocycles. The first kappa shape index (κ1) is 10.2. The Bertz CT molecular complexity index is 402. The molecule has 2 aliphatic rings. The second kappa shape index (κ2) is 4.15. The fourth-order valence-corrected chi connectivity index (χ4v) is 2.62. The van der Waals surface area contributed by atoms with Crippen LogP contribution in [0.1, 0.15) is 18.4 Å². The zero-order chi connectivity index (χ0) is 11.0. The van der Waals surface area contributed by atoms with Gasteiger partial charge in [-0.05, 0) is 37.4 Å². The third kappa shape index (κ3) is 1.74. The molecule has 1 N–H and O–H groups in total. The number of benzene rings is 1. The van der Waals surface area contributed by atoms with Gasteiger partial charge in [-0.15, -0.1) is 0 Å². The summed E-state index contributed by atoms with van der Waals surface area (Å²) >= 11 is 6.30. The molecule has 1 aromatic carbocycles. The maximum Gasteiger partial charge on any atom is 0.231 e. The van der Waals surface area contributed by atoms with Gasteiger partial charge in [-0.1, -0.05) is 17.7 Å². The van der Waals surface area contributed by atoms with Gasteiger partial charge in [-0.25, -0.2) is 0 Å². The topological polar surface area (TPSA) is 30.5 Å². The maximum atomic E-state index is 6.30. The Labute approximate surface area is 99.7 Å². The van der Waals surface area contributed by atoms with E-state index in [1.165, 1.54) is 12.8 Å². The van der Waals surface area contributed by atoms with Gasteiger partial charge < -0.3 is 14.8 Å². The number of nitrogens with one attached hydrogen (secondary N) is 1. The van der Waals surface area contributed by atoms with Crippen molar-refractivity contribution in [3.8, 4) is 11.5 Å². The number of fused-ring (bicyclic) bond motifs is 1. The average molecular weight is 240 g/mol. The summed E-state index contributed by atoms with van der Waals surface area (Å²) in [5.74, 6) is 1.46. The summed E-state index contributed by atoms with van der Waals surface area (Å²) in [6.45, 7) is 1.40. The molecule has 1 fully saturated rings. The van der Waals surface area contributed by atoms with Crippen LogP contribution < -0.4 is 14.8 Å². The van der Waals surface area contributed by atoms with Gasteiger partial charge in [0, 0.05) is 6.04 Å². The highest BCUT2D eigenvalue weighted by Gasteiger charge is 2.22. The van der Waals surface area contributed by atoms with Gasteiger partial charge in [0.15, 0.2) is 11.5 Å². The Morgan fingerprint density at radius 3 is 3.12 bits per heavy atom. The molecule has 2 heterocycles. The first-order valence-electron chi connectivity index (χ1n) is 5.65. The number of hydrogen-bond acceptors (Lipinski definition) is 3. The van der Waals surface area contributed by atoms with Crippen molar-refractivity contribution in [2.45, 2.75) is 25.3 Å². The summed E-state index contributed by atoms with van der Waals surface area (Å²) in [6.07, 6.45) is 3.45. The molecule has 3 nitrogen and oxygen atoms in total. The third-order valence-electron chi connectivity index (χ3n) is 3.19. The molecule has 1 atom stereocenters. The fraction of sp³-hybridized carbons (Fsp3) is 0.500. The van der Waals surface area contributed by atoms with E-state index >= 15 is 0 Å². The van der Waals surface area contributed by atoms with E-state index in [2.05, 4.69) is 5.32 Å². The summed E-state index contributed by atoms with van der Waals surface area (Å²) < 4.78 is 10.6. The van der Waals surface area contributed by atoms with E-state index < -0.39 is 0 Å². The molecular formula is C12H14ClNO2. The van der Waals surface area contributed by atoms with Crippen LogP contribution in [0.3, 0.4) is 0 Å². The molecule has 86 valence electrons. The van der Waals surface area contributed by atoms with Gasteiger partial charge in [0.1, 0.15) is 0 Å². The van der Waals surface area contributed by atoms with E-state index in [0.29, 0.717) is 16.8 Å². The molecule has 16 heavy (non-hydrogen) atoms. The largest absolute Gasteiger partial charge is 0.454 e. The highest BCUT2D eigenvalue weighted by atomic mass is 35.5. The van der Waals surface area contributed by atoms with E-state index in [1.807, 2.05) is 12.1 Å². The molecule has 0 aromatic heterocycles. The van der Waals surface area contributed by atoms with Crippen molar-refractivity contribution in [2.75, 3.05) is 13.3 Å². The van der Waals surface area contributed by atoms with Crippen LogP contribution in [-0.4, -0.2) is 19.4 Å². The molecule has 1 unspecified atom stereocenters. The number of ether oxygens (including phenoxy) is 2. The average Bonchev–Trinajstić information content (AvgIpc) is 2.93. The Morgan fingerprint density at radius 1 is 1.38 bits per heavy atom. The van der Waals surface area contributed by atoms with Crippen molar-refractivity contribution in [3.05, 3.63) is 22.7 Å². The van der Waals surface area contributed by atoms with E-state index in [9.17, 15) is 0 Å². The summed E-state index contributed by atoms with van der Waals surface area (Å²) in [5.41, 5.74) is 1.14. The molecule has 3 rings (SSSR count). The maximum absolute atomic E-state index is 6.30. The predicted molar refractivity (Wildman–Crippen MR) is 62.3 cm³/mol. The fourth-order valence-electron chi connectivity index (χ4n) is 2.33. The standard InChI is InChI=1S/C12H14ClNO2/c13-11-8(6-9-2-1-5-14-9)3-4-10-12(11)16-7-15-10/h3-4,9,14H,1-2,5-7H2. The Kier molecular flexibility index (Phi) is 2.65. The monoisotopic (exact) mass is 239 g/mol. The molecule has 0 spiro atoms. The number of hydrogen-bond donors (Lipinski definition) is 1. The Morgan fingerprint density at radius 2 is 2.31 bits per heavy atom. The molecule has 0 radical (unpaired) electrons. The van der Waals surface area contributed by atoms with E-state index in [1.54, 1.807) is 0 Å². The lowest BCUT2D eigenvalue weighted by Crippen LogP contribution is -2.23. The molecule has 1 aromatic rings. The Hall–Kier alpha value is -0.930. The van der Waals surface area contributed by atoms with Crippen LogP contribution >= 0.6 is 11.6 Å². The molecule has 0 amide bonds. The van der Waals surface area contributed by atoms with Crippen molar-refractivity contribution < 1.29 is 9.47 Å². The highest BCUT2D eigenvalue weighted by molar-refractivity contribution is 6.33. The highest BCUT2D eigenvalue weighted by Crippen LogP contribution is 2.41. The second-order valence-corrected chi connectivity index (χ2v) is 4.65. The van der Waals surface area contributed by atoms with Crippen LogP contribution in [0.4, 0.5) is 0 Å². The molecular weight excluding hydrogens is 226 g/mol. The number of halogens is 1. The summed E-state index contributed by atoms with van der Waals surface area (Å²) in [7, 11) is 0. The lowest BCUT2D eigenvalue weighted by atomic mass is 10.0. The van der Waals surface area contributed by atoms with Crippen molar-refractivity contribution in [1.82, 2.24) is 5.32 Å². The predicted octanol–water partition coefficient (Wildman–Crippen LogP) is 2.36. The minimum Gasteiger partial charge on any atom is -0.454 e. The number of rotatable bonds is 2. The minimum absolute atomic E-state index is 0.278. The normalized spacial score (nSPS) is 22.7. The summed E-state index contributed by atoms with van der Waals surface area (Å²) in [5, 5.41) is 4.18. The van der Waals surface area contributed by atoms with E-state index in [0.717, 1.165) is 24.3 Å². The summed E-state index contributed by atoms with van der Waals surface area (Å²) in [6, 6.07) is 4.53. The lowest BCUT2D eigenvalue weighted by molar-refractivity contribution is 0.174. The van der Waals surface area contributed by atoms with Crippen molar-refractivity contribution >= 4 is 11.6 Å². The molecule has 0 aliphatic carbocycles. The molecule has 0 saturated carbocycles. The minimum atomic E-state index is 0.278. The first-order chi connectivity index (χ1) is 7.84. The quantitative estimate of drug-likeness (QED) is 0.860. The van der Waals surface area contributed by atoms with Gasteiger partial charge in [0.05, 0.1) is 5.02 Å². The van der Waals surface area contributed by atoms with Gasteiger partial charge in [-0.2, -0.15) is 0 Å². The SMILES string of the molecule is Clc1c(CC2CCCN2)ccc2c1OCO2. The van der Waals surface area contributed by atoms with Gasteiger partial charge >= 0.3 is 0 Å². The van der Waals surface area contributed by atoms with Crippen LogP contribution in [0, 0.1) is 0 Å². The molecule has 1 saturated heterocycles. The second-order valence-electron chi connectivity index (χ2n) is 4.27. The van der Waals surface area contributed by atoms with Gasteiger partial charge in [0.25, 0.3) is 0 Å². The van der Waals surface area contributed by atoms with Crippen LogP contribution in [0.2, 0.25) is 5.02 Å². The van der Waals surface area contributed by atoms with Crippen molar-refractivity contribution in [3.63, 3.8) is 0 Å². The zero-order valence-electron chi connectivity index (χ0n) is 8.96. The zero-order valence-corrected chi connectivity index (χ0v) is 9.72. The smallest absolute Gasteiger partial charge is 0.231 e. The molecule has 4 heteroatoms. The van der Waals surface area contributed by atoms with Gasteiger partial charge in [0.2, 0.25) is 6.79 Å². The van der Waals surface area contributed by atoms with E-state index in [4.69, 9.17) is 21.1 Å². The Balaban J connectivity index is 1.84. The van der Waals surface area contributed by atoms with Crippen molar-refractivity contribution in [1.29, 1.82) is 0 Å². The molecule has 0 bridgehead atoms.